The highest BCUT2D eigenvalue weighted by Crippen LogP contribution is 2.29. The second-order valence-corrected chi connectivity index (χ2v) is 7.07. The van der Waals surface area contributed by atoms with Crippen molar-refractivity contribution < 1.29 is 18.7 Å². The molecule has 0 bridgehead atoms. The molecule has 0 saturated heterocycles. The van der Waals surface area contributed by atoms with Crippen molar-refractivity contribution in [2.75, 3.05) is 20.3 Å². The van der Waals surface area contributed by atoms with Gasteiger partial charge in [0.15, 0.2) is 0 Å². The van der Waals surface area contributed by atoms with Crippen LogP contribution < -0.4 is 10.1 Å². The van der Waals surface area contributed by atoms with Gasteiger partial charge in [-0.2, -0.15) is 0 Å². The molecule has 146 valence electrons. The second kappa shape index (κ2) is 9.64. The van der Waals surface area contributed by atoms with E-state index in [0.717, 1.165) is 5.56 Å². The van der Waals surface area contributed by atoms with E-state index in [1.54, 1.807) is 30.7 Å². The molecular weight excluding hydrogens is 403 g/mol. The Morgan fingerprint density at radius 1 is 1.29 bits per heavy atom. The van der Waals surface area contributed by atoms with Gasteiger partial charge < -0.3 is 14.8 Å². The number of halogens is 2. The Bertz CT molecular complexity index is 964. The molecule has 0 fully saturated rings. The molecule has 0 saturated carbocycles. The van der Waals surface area contributed by atoms with Gasteiger partial charge in [0.1, 0.15) is 28.9 Å². The van der Waals surface area contributed by atoms with Crippen molar-refractivity contribution in [3.8, 4) is 16.3 Å². The van der Waals surface area contributed by atoms with Crippen LogP contribution in [-0.4, -0.2) is 31.2 Å². The third-order valence-electron chi connectivity index (χ3n) is 3.85. The normalized spacial score (nSPS) is 10.7. The zero-order valence-electron chi connectivity index (χ0n) is 15.1. The molecule has 1 heterocycles. The number of nitrogens with one attached hydrogen (secondary N) is 1. The minimum Gasteiger partial charge on any atom is -0.489 e. The van der Waals surface area contributed by atoms with Gasteiger partial charge in [-0.15, -0.1) is 11.3 Å². The number of hydrogen-bond donors (Lipinski definition) is 1. The Morgan fingerprint density at radius 3 is 2.86 bits per heavy atom. The van der Waals surface area contributed by atoms with E-state index >= 15 is 0 Å². The van der Waals surface area contributed by atoms with Crippen LogP contribution in [0.2, 0.25) is 5.02 Å². The number of methoxy groups -OCH3 is 1. The highest BCUT2D eigenvalue weighted by atomic mass is 35.5. The summed E-state index contributed by atoms with van der Waals surface area (Å²) in [6.07, 6.45) is 0. The highest BCUT2D eigenvalue weighted by molar-refractivity contribution is 7.13. The van der Waals surface area contributed by atoms with Gasteiger partial charge in [-0.25, -0.2) is 9.37 Å². The Morgan fingerprint density at radius 2 is 2.11 bits per heavy atom. The lowest BCUT2D eigenvalue weighted by Crippen LogP contribution is -2.27. The fourth-order valence-corrected chi connectivity index (χ4v) is 3.41. The monoisotopic (exact) mass is 420 g/mol. The summed E-state index contributed by atoms with van der Waals surface area (Å²) in [6.45, 7) is 1.03. The standard InChI is InChI=1S/C20H18ClFN2O3S/c1-26-9-8-23-19(25)18-12-28-20(24-18)15-7-6-14(10-17(15)22)27-11-13-4-2-3-5-16(13)21/h2-7,10,12H,8-9,11H2,1H3,(H,23,25). The maximum atomic E-state index is 14.5. The Kier molecular flexibility index (Phi) is 6.97. The van der Waals surface area contributed by atoms with Crippen LogP contribution in [-0.2, 0) is 11.3 Å². The molecule has 1 aromatic heterocycles. The van der Waals surface area contributed by atoms with Crippen LogP contribution in [0.5, 0.6) is 5.75 Å². The van der Waals surface area contributed by atoms with Crippen LogP contribution in [0.4, 0.5) is 4.39 Å². The summed E-state index contributed by atoms with van der Waals surface area (Å²) in [5.74, 6) is -0.410. The van der Waals surface area contributed by atoms with Crippen molar-refractivity contribution >= 4 is 28.8 Å². The molecular formula is C20H18ClFN2O3S. The van der Waals surface area contributed by atoms with Gasteiger partial charge >= 0.3 is 0 Å². The van der Waals surface area contributed by atoms with Crippen molar-refractivity contribution in [3.63, 3.8) is 0 Å². The van der Waals surface area contributed by atoms with E-state index in [1.807, 2.05) is 18.2 Å². The summed E-state index contributed by atoms with van der Waals surface area (Å²) in [5.41, 5.74) is 1.37. The molecule has 0 atom stereocenters. The SMILES string of the molecule is COCCNC(=O)c1csc(-c2ccc(OCc3ccccc3Cl)cc2F)n1. The zero-order chi connectivity index (χ0) is 19.9. The van der Waals surface area contributed by atoms with Gasteiger partial charge in [0, 0.05) is 41.3 Å². The third-order valence-corrected chi connectivity index (χ3v) is 5.10. The summed E-state index contributed by atoms with van der Waals surface area (Å²) < 4.78 is 25.1. The van der Waals surface area contributed by atoms with Crippen molar-refractivity contribution in [2.24, 2.45) is 0 Å². The minimum absolute atomic E-state index is 0.238. The lowest BCUT2D eigenvalue weighted by molar-refractivity contribution is 0.0933. The molecule has 3 rings (SSSR count). The third kappa shape index (κ3) is 5.07. The topological polar surface area (TPSA) is 60.5 Å². The molecule has 1 amide bonds. The molecule has 0 aliphatic rings. The first-order valence-electron chi connectivity index (χ1n) is 8.47. The lowest BCUT2D eigenvalue weighted by atomic mass is 10.2. The predicted molar refractivity (Wildman–Crippen MR) is 108 cm³/mol. The summed E-state index contributed by atoms with van der Waals surface area (Å²) in [7, 11) is 1.55. The van der Waals surface area contributed by atoms with E-state index in [0.29, 0.717) is 34.5 Å². The first-order chi connectivity index (χ1) is 13.6. The van der Waals surface area contributed by atoms with E-state index in [4.69, 9.17) is 21.1 Å². The van der Waals surface area contributed by atoms with E-state index in [-0.39, 0.29) is 18.2 Å². The quantitative estimate of drug-likeness (QED) is 0.543. The molecule has 28 heavy (non-hydrogen) atoms. The van der Waals surface area contributed by atoms with E-state index in [9.17, 15) is 9.18 Å². The number of amides is 1. The first kappa shape index (κ1) is 20.3. The van der Waals surface area contributed by atoms with Gasteiger partial charge in [-0.05, 0) is 18.2 Å². The van der Waals surface area contributed by atoms with Crippen molar-refractivity contribution in [2.45, 2.75) is 6.61 Å². The average molecular weight is 421 g/mol. The van der Waals surface area contributed by atoms with E-state index in [2.05, 4.69) is 10.3 Å². The number of aromatic nitrogens is 1. The highest BCUT2D eigenvalue weighted by Gasteiger charge is 2.15. The van der Waals surface area contributed by atoms with Gasteiger partial charge in [-0.3, -0.25) is 4.79 Å². The van der Waals surface area contributed by atoms with E-state index < -0.39 is 5.82 Å². The van der Waals surface area contributed by atoms with Gasteiger partial charge in [0.25, 0.3) is 5.91 Å². The molecule has 1 N–H and O–H groups in total. The molecule has 0 unspecified atom stereocenters. The van der Waals surface area contributed by atoms with Gasteiger partial charge in [0.2, 0.25) is 0 Å². The summed E-state index contributed by atoms with van der Waals surface area (Å²) in [5, 5.41) is 5.30. The molecule has 0 aliphatic carbocycles. The van der Waals surface area contributed by atoms with Gasteiger partial charge in [0.05, 0.1) is 6.61 Å². The molecule has 2 aromatic carbocycles. The van der Waals surface area contributed by atoms with Gasteiger partial charge in [-0.1, -0.05) is 29.8 Å². The van der Waals surface area contributed by atoms with Crippen LogP contribution >= 0.6 is 22.9 Å². The fourth-order valence-electron chi connectivity index (χ4n) is 2.39. The molecule has 0 spiro atoms. The number of hydrogen-bond acceptors (Lipinski definition) is 5. The van der Waals surface area contributed by atoms with Crippen molar-refractivity contribution in [1.29, 1.82) is 0 Å². The molecule has 3 aromatic rings. The van der Waals surface area contributed by atoms with Crippen LogP contribution in [0.15, 0.2) is 47.8 Å². The Labute approximate surface area is 171 Å². The molecule has 0 aliphatic heterocycles. The average Bonchev–Trinajstić information content (AvgIpc) is 3.17. The number of benzene rings is 2. The maximum Gasteiger partial charge on any atom is 0.270 e. The molecule has 5 nitrogen and oxygen atoms in total. The maximum absolute atomic E-state index is 14.5. The Hall–Kier alpha value is -2.48. The van der Waals surface area contributed by atoms with Crippen LogP contribution in [0, 0.1) is 5.82 Å². The number of thiazole rings is 1. The zero-order valence-corrected chi connectivity index (χ0v) is 16.6. The number of carbonyl (C=O) groups excluding carboxylic acids is 1. The Balaban J connectivity index is 1.67. The van der Waals surface area contributed by atoms with Crippen molar-refractivity contribution in [3.05, 3.63) is 69.9 Å². The second-order valence-electron chi connectivity index (χ2n) is 5.81. The largest absolute Gasteiger partial charge is 0.489 e. The van der Waals surface area contributed by atoms with Crippen LogP contribution in [0.25, 0.3) is 10.6 Å². The number of ether oxygens (including phenoxy) is 2. The minimum atomic E-state index is -0.475. The molecule has 0 radical (unpaired) electrons. The fraction of sp³-hybridized carbons (Fsp3) is 0.200. The van der Waals surface area contributed by atoms with Crippen molar-refractivity contribution in [1.82, 2.24) is 10.3 Å². The van der Waals surface area contributed by atoms with E-state index in [1.165, 1.54) is 17.4 Å². The summed E-state index contributed by atoms with van der Waals surface area (Å²) in [4.78, 5) is 16.2. The van der Waals surface area contributed by atoms with Crippen LogP contribution in [0.1, 0.15) is 16.1 Å². The molecule has 8 heteroatoms. The predicted octanol–water partition coefficient (Wildman–Crippen LogP) is 4.56. The first-order valence-corrected chi connectivity index (χ1v) is 9.73. The summed E-state index contributed by atoms with van der Waals surface area (Å²) in [6, 6.07) is 11.9. The summed E-state index contributed by atoms with van der Waals surface area (Å²) >= 11 is 7.30. The smallest absolute Gasteiger partial charge is 0.270 e. The number of nitrogens with zero attached hydrogens (tertiary/aromatic N) is 1. The lowest BCUT2D eigenvalue weighted by Gasteiger charge is -2.09. The number of rotatable bonds is 8. The van der Waals surface area contributed by atoms with Crippen LogP contribution in [0.3, 0.4) is 0 Å². The number of carbonyl (C=O) groups is 1.